The molecular formula is C10H19N3S. The zero-order valence-corrected chi connectivity index (χ0v) is 10.2. The molecule has 0 fully saturated rings. The van der Waals surface area contributed by atoms with E-state index in [1.54, 1.807) is 0 Å². The van der Waals surface area contributed by atoms with Crippen LogP contribution in [-0.2, 0) is 6.54 Å². The van der Waals surface area contributed by atoms with E-state index >= 15 is 0 Å². The second-order valence-electron chi connectivity index (χ2n) is 4.13. The molecule has 0 amide bonds. The molecule has 1 aromatic heterocycles. The molecule has 0 saturated heterocycles. The second-order valence-corrected chi connectivity index (χ2v) is 4.52. The summed E-state index contributed by atoms with van der Waals surface area (Å²) < 4.78 is 3.01. The minimum atomic E-state index is 0.519. The number of hydrogen-bond acceptors (Lipinski definition) is 2. The van der Waals surface area contributed by atoms with Gasteiger partial charge < -0.3 is 14.5 Å². The predicted octanol–water partition coefficient (Wildman–Crippen LogP) is 2.23. The Morgan fingerprint density at radius 3 is 2.64 bits per heavy atom. The summed E-state index contributed by atoms with van der Waals surface area (Å²) in [5.74, 6) is 0.519. The van der Waals surface area contributed by atoms with E-state index in [1.807, 2.05) is 6.20 Å². The number of imidazole rings is 1. The zero-order valence-electron chi connectivity index (χ0n) is 9.37. The molecule has 0 bridgehead atoms. The third kappa shape index (κ3) is 2.69. The van der Waals surface area contributed by atoms with Gasteiger partial charge in [-0.15, -0.1) is 0 Å². The van der Waals surface area contributed by atoms with Gasteiger partial charge in [0.15, 0.2) is 4.77 Å². The summed E-state index contributed by atoms with van der Waals surface area (Å²) in [5, 5.41) is 0. The van der Waals surface area contributed by atoms with Crippen LogP contribution in [0, 0.1) is 4.77 Å². The van der Waals surface area contributed by atoms with Crippen LogP contribution in [0.15, 0.2) is 6.20 Å². The number of H-pyrrole nitrogens is 1. The molecule has 1 rings (SSSR count). The summed E-state index contributed by atoms with van der Waals surface area (Å²) in [7, 11) is 4.15. The normalized spacial score (nSPS) is 11.6. The SMILES string of the molecule is CC(C)c1c[nH]c(=S)n1CCN(C)C. The van der Waals surface area contributed by atoms with E-state index in [0.717, 1.165) is 17.9 Å². The van der Waals surface area contributed by atoms with Crippen molar-refractivity contribution in [3.8, 4) is 0 Å². The average Bonchev–Trinajstić information content (AvgIpc) is 2.43. The van der Waals surface area contributed by atoms with Crippen LogP contribution >= 0.6 is 12.2 Å². The molecule has 1 aromatic rings. The summed E-state index contributed by atoms with van der Waals surface area (Å²) >= 11 is 5.23. The minimum Gasteiger partial charge on any atom is -0.337 e. The van der Waals surface area contributed by atoms with Crippen molar-refractivity contribution in [3.63, 3.8) is 0 Å². The summed E-state index contributed by atoms with van der Waals surface area (Å²) in [5.41, 5.74) is 1.29. The van der Waals surface area contributed by atoms with Crippen LogP contribution in [0.4, 0.5) is 0 Å². The van der Waals surface area contributed by atoms with E-state index in [2.05, 4.69) is 42.4 Å². The van der Waals surface area contributed by atoms with Crippen molar-refractivity contribution in [2.75, 3.05) is 20.6 Å². The van der Waals surface area contributed by atoms with Crippen molar-refractivity contribution in [1.29, 1.82) is 0 Å². The van der Waals surface area contributed by atoms with Crippen LogP contribution in [0.3, 0.4) is 0 Å². The van der Waals surface area contributed by atoms with Gasteiger partial charge >= 0.3 is 0 Å². The van der Waals surface area contributed by atoms with Crippen LogP contribution in [-0.4, -0.2) is 35.1 Å². The number of aromatic nitrogens is 2. The maximum absolute atomic E-state index is 5.23. The topological polar surface area (TPSA) is 24.0 Å². The number of hydrogen-bond donors (Lipinski definition) is 1. The van der Waals surface area contributed by atoms with Crippen molar-refractivity contribution in [2.24, 2.45) is 0 Å². The Morgan fingerprint density at radius 2 is 2.14 bits per heavy atom. The molecule has 14 heavy (non-hydrogen) atoms. The maximum atomic E-state index is 5.23. The monoisotopic (exact) mass is 213 g/mol. The Kier molecular flexibility index (Phi) is 3.89. The summed E-state index contributed by atoms with van der Waals surface area (Å²) in [6.45, 7) is 6.35. The van der Waals surface area contributed by atoms with E-state index in [-0.39, 0.29) is 0 Å². The highest BCUT2D eigenvalue weighted by Crippen LogP contribution is 2.14. The van der Waals surface area contributed by atoms with E-state index in [1.165, 1.54) is 5.69 Å². The van der Waals surface area contributed by atoms with Crippen molar-refractivity contribution >= 4 is 12.2 Å². The van der Waals surface area contributed by atoms with Gasteiger partial charge in [-0.2, -0.15) is 0 Å². The standard InChI is InChI=1S/C10H19N3S/c1-8(2)9-7-11-10(14)13(9)6-5-12(3)4/h7-8H,5-6H2,1-4H3,(H,11,14). The fraction of sp³-hybridized carbons (Fsp3) is 0.700. The van der Waals surface area contributed by atoms with Gasteiger partial charge in [0.25, 0.3) is 0 Å². The van der Waals surface area contributed by atoms with Gasteiger partial charge in [0.05, 0.1) is 0 Å². The third-order valence-electron chi connectivity index (χ3n) is 2.26. The lowest BCUT2D eigenvalue weighted by Crippen LogP contribution is -2.19. The first-order valence-electron chi connectivity index (χ1n) is 4.95. The van der Waals surface area contributed by atoms with Crippen LogP contribution in [0.1, 0.15) is 25.5 Å². The van der Waals surface area contributed by atoms with Crippen molar-refractivity contribution in [1.82, 2.24) is 14.5 Å². The molecule has 0 aliphatic carbocycles. The first-order valence-corrected chi connectivity index (χ1v) is 5.36. The molecule has 80 valence electrons. The lowest BCUT2D eigenvalue weighted by Gasteiger charge is -2.14. The molecule has 0 radical (unpaired) electrons. The molecule has 1 heterocycles. The molecule has 4 heteroatoms. The van der Waals surface area contributed by atoms with Crippen LogP contribution in [0.5, 0.6) is 0 Å². The molecule has 0 atom stereocenters. The van der Waals surface area contributed by atoms with Gasteiger partial charge in [-0.05, 0) is 32.2 Å². The summed E-state index contributed by atoms with van der Waals surface area (Å²) in [6, 6.07) is 0. The molecule has 0 aliphatic heterocycles. The Hall–Kier alpha value is -0.610. The molecule has 0 aliphatic rings. The first kappa shape index (κ1) is 11.5. The lowest BCUT2D eigenvalue weighted by atomic mass is 10.1. The van der Waals surface area contributed by atoms with Crippen molar-refractivity contribution in [2.45, 2.75) is 26.3 Å². The Labute approximate surface area is 90.7 Å². The van der Waals surface area contributed by atoms with E-state index in [4.69, 9.17) is 12.2 Å². The van der Waals surface area contributed by atoms with Crippen LogP contribution in [0.25, 0.3) is 0 Å². The molecule has 0 unspecified atom stereocenters. The maximum Gasteiger partial charge on any atom is 0.177 e. The molecule has 0 saturated carbocycles. The second kappa shape index (κ2) is 4.75. The average molecular weight is 213 g/mol. The largest absolute Gasteiger partial charge is 0.337 e. The van der Waals surface area contributed by atoms with Gasteiger partial charge in [-0.3, -0.25) is 0 Å². The van der Waals surface area contributed by atoms with Crippen molar-refractivity contribution < 1.29 is 0 Å². The van der Waals surface area contributed by atoms with E-state index in [9.17, 15) is 0 Å². The Balaban J connectivity index is 2.83. The van der Waals surface area contributed by atoms with Gasteiger partial charge in [0.2, 0.25) is 0 Å². The summed E-state index contributed by atoms with van der Waals surface area (Å²) in [4.78, 5) is 5.27. The van der Waals surface area contributed by atoms with E-state index in [0.29, 0.717) is 5.92 Å². The number of rotatable bonds is 4. The van der Waals surface area contributed by atoms with Crippen LogP contribution in [0.2, 0.25) is 0 Å². The molecule has 1 N–H and O–H groups in total. The number of aromatic amines is 1. The quantitative estimate of drug-likeness (QED) is 0.776. The number of nitrogens with zero attached hydrogens (tertiary/aromatic N) is 2. The van der Waals surface area contributed by atoms with Gasteiger partial charge in [0, 0.05) is 25.0 Å². The van der Waals surface area contributed by atoms with Gasteiger partial charge in [0.1, 0.15) is 0 Å². The van der Waals surface area contributed by atoms with Gasteiger partial charge in [-0.25, -0.2) is 0 Å². The highest BCUT2D eigenvalue weighted by atomic mass is 32.1. The lowest BCUT2D eigenvalue weighted by molar-refractivity contribution is 0.378. The highest BCUT2D eigenvalue weighted by Gasteiger charge is 2.07. The van der Waals surface area contributed by atoms with E-state index < -0.39 is 0 Å². The molecule has 0 aromatic carbocycles. The Morgan fingerprint density at radius 1 is 1.50 bits per heavy atom. The highest BCUT2D eigenvalue weighted by molar-refractivity contribution is 7.71. The molecule has 0 spiro atoms. The fourth-order valence-corrected chi connectivity index (χ4v) is 1.67. The fourth-order valence-electron chi connectivity index (χ4n) is 1.42. The van der Waals surface area contributed by atoms with Crippen molar-refractivity contribution in [3.05, 3.63) is 16.7 Å². The minimum absolute atomic E-state index is 0.519. The first-order chi connectivity index (χ1) is 6.52. The van der Waals surface area contributed by atoms with Gasteiger partial charge in [-0.1, -0.05) is 13.8 Å². The smallest absolute Gasteiger partial charge is 0.177 e. The number of likely N-dealkylation sites (N-methyl/N-ethyl adjacent to an activating group) is 1. The Bertz CT molecular complexity index is 335. The third-order valence-corrected chi connectivity index (χ3v) is 2.60. The molecule has 3 nitrogen and oxygen atoms in total. The summed E-state index contributed by atoms with van der Waals surface area (Å²) in [6.07, 6.45) is 2.02. The zero-order chi connectivity index (χ0) is 10.7. The van der Waals surface area contributed by atoms with Crippen LogP contribution < -0.4 is 0 Å². The predicted molar refractivity (Wildman–Crippen MR) is 62.3 cm³/mol. The molecular weight excluding hydrogens is 194 g/mol. The number of nitrogens with one attached hydrogen (secondary N) is 1.